The largest absolute Gasteiger partial charge is 0.481 e. The molecule has 0 radical (unpaired) electrons. The van der Waals surface area contributed by atoms with Crippen molar-refractivity contribution in [2.24, 2.45) is 23.7 Å². The zero-order valence-corrected chi connectivity index (χ0v) is 9.49. The van der Waals surface area contributed by atoms with Gasteiger partial charge in [-0.25, -0.2) is 0 Å². The summed E-state index contributed by atoms with van der Waals surface area (Å²) in [5.74, 6) is 1.06. The zero-order valence-electron chi connectivity index (χ0n) is 9.49. The molecule has 1 aliphatic rings. The van der Waals surface area contributed by atoms with Crippen molar-refractivity contribution in [1.29, 1.82) is 0 Å². The van der Waals surface area contributed by atoms with Crippen LogP contribution in [0.3, 0.4) is 0 Å². The number of carboxylic acid groups (broad SMARTS) is 1. The quantitative estimate of drug-likeness (QED) is 0.753. The van der Waals surface area contributed by atoms with Crippen LogP contribution in [-0.2, 0) is 4.79 Å². The van der Waals surface area contributed by atoms with Crippen molar-refractivity contribution >= 4 is 5.97 Å². The van der Waals surface area contributed by atoms with Crippen LogP contribution in [0.25, 0.3) is 0 Å². The Morgan fingerprint density at radius 3 is 2.50 bits per heavy atom. The standard InChI is InChI=1S/C12H22O2/c1-4-5-9-6-10(8(2)3)7-11(9)12(13)14/h8-11H,4-7H2,1-3H3,(H,13,14). The second-order valence-electron chi connectivity index (χ2n) is 4.97. The van der Waals surface area contributed by atoms with Crippen LogP contribution in [0, 0.1) is 23.7 Å². The number of carbonyl (C=O) groups is 1. The van der Waals surface area contributed by atoms with E-state index in [0.717, 1.165) is 25.7 Å². The summed E-state index contributed by atoms with van der Waals surface area (Å²) >= 11 is 0. The maximum absolute atomic E-state index is 11.1. The van der Waals surface area contributed by atoms with Gasteiger partial charge in [0.05, 0.1) is 5.92 Å². The zero-order chi connectivity index (χ0) is 10.7. The van der Waals surface area contributed by atoms with Crippen molar-refractivity contribution in [2.45, 2.75) is 46.5 Å². The van der Waals surface area contributed by atoms with E-state index < -0.39 is 5.97 Å². The van der Waals surface area contributed by atoms with E-state index in [1.54, 1.807) is 0 Å². The van der Waals surface area contributed by atoms with Gasteiger partial charge in [-0.05, 0) is 37.0 Å². The molecule has 0 spiro atoms. The molecular weight excluding hydrogens is 176 g/mol. The van der Waals surface area contributed by atoms with Gasteiger partial charge in [0.25, 0.3) is 0 Å². The van der Waals surface area contributed by atoms with Crippen molar-refractivity contribution in [3.63, 3.8) is 0 Å². The second kappa shape index (κ2) is 4.81. The smallest absolute Gasteiger partial charge is 0.306 e. The topological polar surface area (TPSA) is 37.3 Å². The molecule has 1 N–H and O–H groups in total. The average Bonchev–Trinajstić information content (AvgIpc) is 2.49. The highest BCUT2D eigenvalue weighted by Crippen LogP contribution is 2.42. The average molecular weight is 198 g/mol. The van der Waals surface area contributed by atoms with Gasteiger partial charge in [0, 0.05) is 0 Å². The molecule has 2 heteroatoms. The molecule has 0 aromatic heterocycles. The summed E-state index contributed by atoms with van der Waals surface area (Å²) in [6, 6.07) is 0. The third kappa shape index (κ3) is 2.49. The van der Waals surface area contributed by atoms with Crippen molar-refractivity contribution in [2.75, 3.05) is 0 Å². The Morgan fingerprint density at radius 1 is 1.43 bits per heavy atom. The Labute approximate surface area is 86.7 Å². The van der Waals surface area contributed by atoms with Crippen LogP contribution in [-0.4, -0.2) is 11.1 Å². The maximum Gasteiger partial charge on any atom is 0.306 e. The molecule has 1 fully saturated rings. The molecule has 0 amide bonds. The highest BCUT2D eigenvalue weighted by atomic mass is 16.4. The monoisotopic (exact) mass is 198 g/mol. The minimum Gasteiger partial charge on any atom is -0.481 e. The van der Waals surface area contributed by atoms with Gasteiger partial charge < -0.3 is 5.11 Å². The van der Waals surface area contributed by atoms with Crippen LogP contribution in [0.2, 0.25) is 0 Å². The van der Waals surface area contributed by atoms with Gasteiger partial charge in [-0.2, -0.15) is 0 Å². The van der Waals surface area contributed by atoms with Gasteiger partial charge in [0.2, 0.25) is 0 Å². The normalized spacial score (nSPS) is 32.4. The summed E-state index contributed by atoms with van der Waals surface area (Å²) in [5, 5.41) is 9.11. The molecule has 0 aliphatic heterocycles. The first-order valence-corrected chi connectivity index (χ1v) is 5.79. The fourth-order valence-corrected chi connectivity index (χ4v) is 2.70. The molecule has 3 atom stereocenters. The van der Waals surface area contributed by atoms with E-state index >= 15 is 0 Å². The Hall–Kier alpha value is -0.530. The van der Waals surface area contributed by atoms with E-state index in [4.69, 9.17) is 5.11 Å². The molecule has 0 aromatic rings. The van der Waals surface area contributed by atoms with Crippen molar-refractivity contribution in [3.05, 3.63) is 0 Å². The first kappa shape index (κ1) is 11.5. The molecule has 82 valence electrons. The molecule has 1 rings (SSSR count). The molecule has 0 heterocycles. The van der Waals surface area contributed by atoms with Crippen LogP contribution in [0.1, 0.15) is 46.5 Å². The van der Waals surface area contributed by atoms with Gasteiger partial charge >= 0.3 is 5.97 Å². The number of aliphatic carboxylic acids is 1. The highest BCUT2D eigenvalue weighted by molar-refractivity contribution is 5.70. The minimum atomic E-state index is -0.577. The summed E-state index contributed by atoms with van der Waals surface area (Å²) in [5.41, 5.74) is 0. The lowest BCUT2D eigenvalue weighted by Crippen LogP contribution is -2.18. The number of hydrogen-bond acceptors (Lipinski definition) is 1. The molecule has 1 aliphatic carbocycles. The minimum absolute atomic E-state index is 0.0673. The van der Waals surface area contributed by atoms with Crippen LogP contribution < -0.4 is 0 Å². The summed E-state index contributed by atoms with van der Waals surface area (Å²) in [6.45, 7) is 6.55. The Morgan fingerprint density at radius 2 is 2.07 bits per heavy atom. The van der Waals surface area contributed by atoms with Crippen LogP contribution in [0.4, 0.5) is 0 Å². The summed E-state index contributed by atoms with van der Waals surface area (Å²) in [6.07, 6.45) is 4.22. The highest BCUT2D eigenvalue weighted by Gasteiger charge is 2.38. The fourth-order valence-electron chi connectivity index (χ4n) is 2.70. The lowest BCUT2D eigenvalue weighted by Gasteiger charge is -2.14. The molecule has 0 aromatic carbocycles. The van der Waals surface area contributed by atoms with Crippen LogP contribution >= 0.6 is 0 Å². The first-order valence-electron chi connectivity index (χ1n) is 5.79. The lowest BCUT2D eigenvalue weighted by atomic mass is 9.91. The predicted octanol–water partition coefficient (Wildman–Crippen LogP) is 3.17. The molecule has 0 bridgehead atoms. The van der Waals surface area contributed by atoms with Crippen LogP contribution in [0.5, 0.6) is 0 Å². The van der Waals surface area contributed by atoms with Gasteiger partial charge in [0.1, 0.15) is 0 Å². The fraction of sp³-hybridized carbons (Fsp3) is 0.917. The van der Waals surface area contributed by atoms with Crippen LogP contribution in [0.15, 0.2) is 0 Å². The summed E-state index contributed by atoms with van der Waals surface area (Å²) < 4.78 is 0. The molecule has 2 nitrogen and oxygen atoms in total. The van der Waals surface area contributed by atoms with Gasteiger partial charge in [-0.3, -0.25) is 4.79 Å². The SMILES string of the molecule is CCCC1CC(C(C)C)CC1C(=O)O. The van der Waals surface area contributed by atoms with E-state index in [1.165, 1.54) is 0 Å². The summed E-state index contributed by atoms with van der Waals surface area (Å²) in [4.78, 5) is 11.1. The molecule has 0 saturated heterocycles. The van der Waals surface area contributed by atoms with E-state index in [0.29, 0.717) is 17.8 Å². The Kier molecular flexibility index (Phi) is 3.97. The van der Waals surface area contributed by atoms with Crippen molar-refractivity contribution in [1.82, 2.24) is 0 Å². The van der Waals surface area contributed by atoms with Gasteiger partial charge in [0.15, 0.2) is 0 Å². The third-order valence-corrected chi connectivity index (χ3v) is 3.65. The number of carboxylic acids is 1. The number of hydrogen-bond donors (Lipinski definition) is 1. The van der Waals surface area contributed by atoms with Gasteiger partial charge in [-0.1, -0.05) is 27.2 Å². The third-order valence-electron chi connectivity index (χ3n) is 3.65. The molecule has 14 heavy (non-hydrogen) atoms. The Bertz CT molecular complexity index is 198. The van der Waals surface area contributed by atoms with E-state index in [1.807, 2.05) is 0 Å². The Balaban J connectivity index is 2.60. The molecule has 3 unspecified atom stereocenters. The second-order valence-corrected chi connectivity index (χ2v) is 4.97. The maximum atomic E-state index is 11.1. The number of rotatable bonds is 4. The predicted molar refractivity (Wildman–Crippen MR) is 57.1 cm³/mol. The molecular formula is C12H22O2. The van der Waals surface area contributed by atoms with E-state index in [-0.39, 0.29) is 5.92 Å². The van der Waals surface area contributed by atoms with Crippen molar-refractivity contribution < 1.29 is 9.90 Å². The van der Waals surface area contributed by atoms with E-state index in [2.05, 4.69) is 20.8 Å². The lowest BCUT2D eigenvalue weighted by molar-refractivity contribution is -0.143. The molecule has 1 saturated carbocycles. The van der Waals surface area contributed by atoms with E-state index in [9.17, 15) is 4.79 Å². The summed E-state index contributed by atoms with van der Waals surface area (Å²) in [7, 11) is 0. The van der Waals surface area contributed by atoms with Gasteiger partial charge in [-0.15, -0.1) is 0 Å². The first-order chi connectivity index (χ1) is 6.56. The van der Waals surface area contributed by atoms with Crippen molar-refractivity contribution in [3.8, 4) is 0 Å².